The van der Waals surface area contributed by atoms with Gasteiger partial charge in [0.15, 0.2) is 0 Å². The van der Waals surface area contributed by atoms with E-state index in [-0.39, 0.29) is 5.69 Å². The van der Waals surface area contributed by atoms with Crippen LogP contribution in [-0.2, 0) is 15.9 Å². The molecular formula is C20H27BN2O4. The van der Waals surface area contributed by atoms with E-state index in [4.69, 9.17) is 14.0 Å². The van der Waals surface area contributed by atoms with Gasteiger partial charge in [0.2, 0.25) is 0 Å². The van der Waals surface area contributed by atoms with E-state index in [0.717, 1.165) is 22.5 Å². The Morgan fingerprint density at radius 1 is 1.11 bits per heavy atom. The van der Waals surface area contributed by atoms with Gasteiger partial charge in [0, 0.05) is 11.4 Å². The third kappa shape index (κ3) is 3.66. The SMILES string of the molecule is COc1ccc(B2OC(C)(C)C(C)(C)O2)c(Cn2c(C)cc(C)nc2=O)c1. The highest BCUT2D eigenvalue weighted by Gasteiger charge is 2.52. The van der Waals surface area contributed by atoms with Gasteiger partial charge in [-0.05, 0) is 70.8 Å². The zero-order valence-corrected chi connectivity index (χ0v) is 17.1. The maximum atomic E-state index is 12.4. The van der Waals surface area contributed by atoms with Crippen molar-refractivity contribution >= 4 is 12.6 Å². The van der Waals surface area contributed by atoms with Gasteiger partial charge in [-0.15, -0.1) is 0 Å². The first-order valence-corrected chi connectivity index (χ1v) is 9.11. The Morgan fingerprint density at radius 3 is 2.30 bits per heavy atom. The van der Waals surface area contributed by atoms with E-state index in [0.29, 0.717) is 12.2 Å². The van der Waals surface area contributed by atoms with Crippen molar-refractivity contribution < 1.29 is 14.0 Å². The van der Waals surface area contributed by atoms with Gasteiger partial charge in [-0.25, -0.2) is 4.79 Å². The van der Waals surface area contributed by atoms with E-state index in [1.165, 1.54) is 0 Å². The number of hydrogen-bond donors (Lipinski definition) is 0. The van der Waals surface area contributed by atoms with Crippen LogP contribution >= 0.6 is 0 Å². The monoisotopic (exact) mass is 370 g/mol. The number of methoxy groups -OCH3 is 1. The van der Waals surface area contributed by atoms with Crippen LogP contribution in [0.25, 0.3) is 0 Å². The van der Waals surface area contributed by atoms with Crippen LogP contribution in [0.3, 0.4) is 0 Å². The quantitative estimate of drug-likeness (QED) is 0.773. The summed E-state index contributed by atoms with van der Waals surface area (Å²) in [4.78, 5) is 16.5. The number of ether oxygens (including phenoxy) is 1. The van der Waals surface area contributed by atoms with Gasteiger partial charge in [0.05, 0.1) is 24.9 Å². The Balaban J connectivity index is 2.04. The number of benzene rings is 1. The highest BCUT2D eigenvalue weighted by Crippen LogP contribution is 2.36. The minimum Gasteiger partial charge on any atom is -0.497 e. The molecule has 3 rings (SSSR count). The van der Waals surface area contributed by atoms with Crippen molar-refractivity contribution in [3.05, 3.63) is 51.7 Å². The van der Waals surface area contributed by atoms with Crippen LogP contribution in [0.4, 0.5) is 0 Å². The normalized spacial score (nSPS) is 18.0. The summed E-state index contributed by atoms with van der Waals surface area (Å²) in [5.41, 5.74) is 2.22. The predicted molar refractivity (Wildman–Crippen MR) is 106 cm³/mol. The molecule has 0 atom stereocenters. The molecule has 1 aliphatic heterocycles. The lowest BCUT2D eigenvalue weighted by Crippen LogP contribution is -2.41. The standard InChI is InChI=1S/C20H27BN2O4/c1-13-10-14(2)23(18(24)22-13)12-15-11-16(25-7)8-9-17(15)21-26-19(3,4)20(5,6)27-21/h8-11H,12H2,1-7H3. The van der Waals surface area contributed by atoms with Gasteiger partial charge in [-0.3, -0.25) is 4.57 Å². The van der Waals surface area contributed by atoms with E-state index < -0.39 is 18.3 Å². The molecule has 1 aliphatic rings. The molecule has 0 bridgehead atoms. The van der Waals surface area contributed by atoms with Gasteiger partial charge >= 0.3 is 12.8 Å². The smallest absolute Gasteiger partial charge is 0.495 e. The predicted octanol–water partition coefficient (Wildman–Crippen LogP) is 2.22. The minimum atomic E-state index is -0.509. The molecule has 27 heavy (non-hydrogen) atoms. The minimum absolute atomic E-state index is 0.268. The molecule has 0 amide bonds. The lowest BCUT2D eigenvalue weighted by atomic mass is 9.75. The second-order valence-corrected chi connectivity index (χ2v) is 8.06. The van der Waals surface area contributed by atoms with Crippen LogP contribution in [0.5, 0.6) is 5.75 Å². The maximum Gasteiger partial charge on any atom is 0.495 e. The van der Waals surface area contributed by atoms with Crippen molar-refractivity contribution in [2.45, 2.75) is 59.3 Å². The van der Waals surface area contributed by atoms with Gasteiger partial charge in [-0.1, -0.05) is 6.07 Å². The third-order valence-electron chi connectivity index (χ3n) is 5.53. The van der Waals surface area contributed by atoms with Crippen LogP contribution in [0.2, 0.25) is 0 Å². The van der Waals surface area contributed by atoms with E-state index in [9.17, 15) is 4.79 Å². The molecule has 0 N–H and O–H groups in total. The molecule has 2 heterocycles. The number of rotatable bonds is 4. The summed E-state index contributed by atoms with van der Waals surface area (Å²) in [5.74, 6) is 0.719. The first-order valence-electron chi connectivity index (χ1n) is 9.11. The average Bonchev–Trinajstić information content (AvgIpc) is 2.78. The van der Waals surface area contributed by atoms with Gasteiger partial charge in [0.1, 0.15) is 5.75 Å². The molecule has 6 nitrogen and oxygen atoms in total. The van der Waals surface area contributed by atoms with Crippen molar-refractivity contribution in [2.75, 3.05) is 7.11 Å². The Morgan fingerprint density at radius 2 is 1.74 bits per heavy atom. The van der Waals surface area contributed by atoms with Crippen LogP contribution in [-0.4, -0.2) is 35.0 Å². The molecule has 0 spiro atoms. The van der Waals surface area contributed by atoms with Crippen molar-refractivity contribution in [3.63, 3.8) is 0 Å². The Kier molecular flexibility index (Phi) is 4.95. The van der Waals surface area contributed by atoms with Gasteiger partial charge < -0.3 is 14.0 Å². The van der Waals surface area contributed by atoms with Crippen LogP contribution in [0.15, 0.2) is 29.1 Å². The molecule has 0 radical (unpaired) electrons. The second-order valence-electron chi connectivity index (χ2n) is 8.06. The highest BCUT2D eigenvalue weighted by molar-refractivity contribution is 6.62. The van der Waals surface area contributed by atoms with Crippen molar-refractivity contribution in [1.29, 1.82) is 0 Å². The summed E-state index contributed by atoms with van der Waals surface area (Å²) < 4.78 is 19.5. The number of aromatic nitrogens is 2. The van der Waals surface area contributed by atoms with E-state index in [1.54, 1.807) is 11.7 Å². The molecular weight excluding hydrogens is 343 g/mol. The molecule has 0 unspecified atom stereocenters. The van der Waals surface area contributed by atoms with Crippen molar-refractivity contribution in [1.82, 2.24) is 9.55 Å². The van der Waals surface area contributed by atoms with Gasteiger partial charge in [-0.2, -0.15) is 4.98 Å². The Bertz CT molecular complexity index is 905. The zero-order valence-electron chi connectivity index (χ0n) is 17.1. The molecule has 0 aliphatic carbocycles. The summed E-state index contributed by atoms with van der Waals surface area (Å²) in [6, 6.07) is 7.65. The van der Waals surface area contributed by atoms with Gasteiger partial charge in [0.25, 0.3) is 0 Å². The highest BCUT2D eigenvalue weighted by atomic mass is 16.7. The van der Waals surface area contributed by atoms with Crippen molar-refractivity contribution in [3.8, 4) is 5.75 Å². The molecule has 1 saturated heterocycles. The molecule has 7 heteroatoms. The second kappa shape index (κ2) is 6.80. The summed E-state index contributed by atoms with van der Waals surface area (Å²) in [7, 11) is 1.11. The molecule has 2 aromatic rings. The summed E-state index contributed by atoms with van der Waals surface area (Å²) in [6.45, 7) is 12.2. The van der Waals surface area contributed by atoms with E-state index in [1.807, 2.05) is 65.8 Å². The van der Waals surface area contributed by atoms with E-state index >= 15 is 0 Å². The lowest BCUT2D eigenvalue weighted by molar-refractivity contribution is 0.00578. The zero-order chi connectivity index (χ0) is 20.0. The summed E-state index contributed by atoms with van der Waals surface area (Å²) in [5, 5.41) is 0. The van der Waals surface area contributed by atoms with Crippen LogP contribution in [0, 0.1) is 13.8 Å². The summed E-state index contributed by atoms with van der Waals surface area (Å²) >= 11 is 0. The first kappa shape index (κ1) is 19.6. The Labute approximate surface area is 160 Å². The largest absolute Gasteiger partial charge is 0.497 e. The van der Waals surface area contributed by atoms with E-state index in [2.05, 4.69) is 4.98 Å². The third-order valence-corrected chi connectivity index (χ3v) is 5.53. The van der Waals surface area contributed by atoms with Crippen molar-refractivity contribution in [2.24, 2.45) is 0 Å². The number of nitrogens with zero attached hydrogens (tertiary/aromatic N) is 2. The molecule has 1 fully saturated rings. The summed E-state index contributed by atoms with van der Waals surface area (Å²) in [6.07, 6.45) is 0. The Hall–Kier alpha value is -2.12. The van der Waals surface area contributed by atoms with Crippen LogP contribution in [0.1, 0.15) is 44.6 Å². The molecule has 1 aromatic carbocycles. The number of aryl methyl sites for hydroxylation is 2. The molecule has 144 valence electrons. The first-order chi connectivity index (χ1) is 12.5. The van der Waals surface area contributed by atoms with Crippen LogP contribution < -0.4 is 15.9 Å². The fourth-order valence-corrected chi connectivity index (χ4v) is 3.18. The lowest BCUT2D eigenvalue weighted by Gasteiger charge is -2.32. The molecule has 0 saturated carbocycles. The number of hydrogen-bond acceptors (Lipinski definition) is 5. The average molecular weight is 370 g/mol. The fourth-order valence-electron chi connectivity index (χ4n) is 3.18. The fraction of sp³-hybridized carbons (Fsp3) is 0.500. The molecule has 1 aromatic heterocycles. The topological polar surface area (TPSA) is 62.6 Å². The maximum absolute atomic E-state index is 12.4.